The molecule has 24 heavy (non-hydrogen) atoms. The van der Waals surface area contributed by atoms with Crippen molar-refractivity contribution in [2.45, 2.75) is 59.5 Å². The van der Waals surface area contributed by atoms with Crippen molar-refractivity contribution in [3.05, 3.63) is 22.6 Å². The minimum atomic E-state index is -0.435. The van der Waals surface area contributed by atoms with Gasteiger partial charge in [-0.15, -0.1) is 0 Å². The van der Waals surface area contributed by atoms with Crippen molar-refractivity contribution in [1.82, 2.24) is 4.90 Å². The molecule has 0 amide bonds. The monoisotopic (exact) mass is 333 g/mol. The topological polar surface area (TPSA) is 59.8 Å². The molecule has 0 saturated carbocycles. The molecule has 0 N–H and O–H groups in total. The molecule has 5 nitrogen and oxygen atoms in total. The van der Waals surface area contributed by atoms with E-state index in [1.165, 1.54) is 0 Å². The van der Waals surface area contributed by atoms with Crippen molar-refractivity contribution < 1.29 is 18.7 Å². The summed E-state index contributed by atoms with van der Waals surface area (Å²) in [6.07, 6.45) is 2.98. The minimum absolute atomic E-state index is 0.0661. The number of Topliss-reactive ketones (excluding diaryl/α,β-unsaturated/α-hetero) is 1. The summed E-state index contributed by atoms with van der Waals surface area (Å²) in [6, 6.07) is 0. The van der Waals surface area contributed by atoms with Crippen LogP contribution < -0.4 is 0 Å². The van der Waals surface area contributed by atoms with Crippen molar-refractivity contribution in [1.29, 1.82) is 0 Å². The van der Waals surface area contributed by atoms with E-state index in [1.54, 1.807) is 6.92 Å². The van der Waals surface area contributed by atoms with Crippen LogP contribution >= 0.6 is 0 Å². The summed E-state index contributed by atoms with van der Waals surface area (Å²) in [7, 11) is 0. The molecule has 2 heterocycles. The predicted molar refractivity (Wildman–Crippen MR) is 90.4 cm³/mol. The number of likely N-dealkylation sites (tertiary alicyclic amines) is 1. The van der Waals surface area contributed by atoms with Crippen molar-refractivity contribution in [2.24, 2.45) is 5.41 Å². The molecule has 1 saturated heterocycles. The molecule has 5 heteroatoms. The number of rotatable bonds is 3. The standard InChI is InChI=1S/C19H27NO4/c1-5-20-8-6-7-13(11-20)23-18(22)17-12(2)16-14(21)9-19(3,4)10-15(16)24-17/h13H,5-11H2,1-4H3. The van der Waals surface area contributed by atoms with E-state index in [0.29, 0.717) is 29.7 Å². The van der Waals surface area contributed by atoms with Crippen molar-refractivity contribution in [3.8, 4) is 0 Å². The lowest BCUT2D eigenvalue weighted by molar-refractivity contribution is 0.00445. The molecule has 1 aliphatic heterocycles. The van der Waals surface area contributed by atoms with Gasteiger partial charge in [0.15, 0.2) is 5.78 Å². The third kappa shape index (κ3) is 3.27. The first kappa shape index (κ1) is 17.2. The second kappa shape index (κ2) is 6.36. The van der Waals surface area contributed by atoms with Crippen molar-refractivity contribution in [3.63, 3.8) is 0 Å². The van der Waals surface area contributed by atoms with Crippen molar-refractivity contribution >= 4 is 11.8 Å². The van der Waals surface area contributed by atoms with E-state index in [-0.39, 0.29) is 23.1 Å². The van der Waals surface area contributed by atoms with Gasteiger partial charge in [0.25, 0.3) is 0 Å². The molecule has 1 aromatic rings. The number of fused-ring (bicyclic) bond motifs is 1. The number of esters is 1. The third-order valence-electron chi connectivity index (χ3n) is 5.15. The van der Waals surface area contributed by atoms with Crippen LogP contribution in [0, 0.1) is 12.3 Å². The Morgan fingerprint density at radius 1 is 1.38 bits per heavy atom. The van der Waals surface area contributed by atoms with Gasteiger partial charge < -0.3 is 9.15 Å². The Morgan fingerprint density at radius 2 is 2.12 bits per heavy atom. The Hall–Kier alpha value is -1.62. The van der Waals surface area contributed by atoms with E-state index in [2.05, 4.69) is 11.8 Å². The van der Waals surface area contributed by atoms with E-state index in [4.69, 9.17) is 9.15 Å². The van der Waals surface area contributed by atoms with E-state index in [1.807, 2.05) is 13.8 Å². The minimum Gasteiger partial charge on any atom is -0.455 e. The quantitative estimate of drug-likeness (QED) is 0.794. The molecule has 1 aromatic heterocycles. The number of nitrogens with zero attached hydrogens (tertiary/aromatic N) is 1. The van der Waals surface area contributed by atoms with Gasteiger partial charge in [0, 0.05) is 24.9 Å². The molecular weight excluding hydrogens is 306 g/mol. The second-order valence-corrected chi connectivity index (χ2v) is 7.86. The van der Waals surface area contributed by atoms with Crippen LogP contribution in [0.2, 0.25) is 0 Å². The number of hydrogen-bond donors (Lipinski definition) is 0. The SMILES string of the molecule is CCN1CCCC(OC(=O)c2oc3c(c2C)C(=O)CC(C)(C)C3)C1. The maximum absolute atomic E-state index is 12.6. The lowest BCUT2D eigenvalue weighted by Gasteiger charge is -2.31. The summed E-state index contributed by atoms with van der Waals surface area (Å²) in [5.74, 6) is 0.478. The van der Waals surface area contributed by atoms with Gasteiger partial charge in [-0.1, -0.05) is 20.8 Å². The van der Waals surface area contributed by atoms with Crippen molar-refractivity contribution in [2.75, 3.05) is 19.6 Å². The van der Waals surface area contributed by atoms with Gasteiger partial charge in [-0.05, 0) is 38.3 Å². The van der Waals surface area contributed by atoms with Gasteiger partial charge in [0.1, 0.15) is 11.9 Å². The number of carbonyl (C=O) groups excluding carboxylic acids is 2. The van der Waals surface area contributed by atoms with E-state index in [9.17, 15) is 9.59 Å². The molecule has 0 bridgehead atoms. The maximum Gasteiger partial charge on any atom is 0.374 e. The summed E-state index contributed by atoms with van der Waals surface area (Å²) in [5, 5.41) is 0. The Balaban J connectivity index is 1.78. The van der Waals surface area contributed by atoms with Gasteiger partial charge in [0.2, 0.25) is 5.76 Å². The fourth-order valence-corrected chi connectivity index (χ4v) is 3.88. The highest BCUT2D eigenvalue weighted by atomic mass is 16.6. The molecule has 3 rings (SSSR count). The number of furan rings is 1. The number of ether oxygens (including phenoxy) is 1. The van der Waals surface area contributed by atoms with Crippen LogP contribution in [-0.4, -0.2) is 42.4 Å². The molecule has 0 radical (unpaired) electrons. The van der Waals surface area contributed by atoms with Crippen LogP contribution in [0.3, 0.4) is 0 Å². The van der Waals surface area contributed by atoms with Gasteiger partial charge in [-0.2, -0.15) is 0 Å². The van der Waals surface area contributed by atoms with Gasteiger partial charge in [-0.25, -0.2) is 4.79 Å². The molecule has 2 aliphatic rings. The third-order valence-corrected chi connectivity index (χ3v) is 5.15. The molecule has 1 unspecified atom stereocenters. The maximum atomic E-state index is 12.6. The highest BCUT2D eigenvalue weighted by Crippen LogP contribution is 2.38. The number of ketones is 1. The van der Waals surface area contributed by atoms with Crippen LogP contribution in [0.1, 0.15) is 72.3 Å². The van der Waals surface area contributed by atoms with Crippen LogP contribution in [0.15, 0.2) is 4.42 Å². The highest BCUT2D eigenvalue weighted by molar-refractivity contribution is 6.02. The number of carbonyl (C=O) groups is 2. The van der Waals surface area contributed by atoms with Crippen LogP contribution in [-0.2, 0) is 11.2 Å². The number of piperidine rings is 1. The number of likely N-dealkylation sites (N-methyl/N-ethyl adjacent to an activating group) is 1. The second-order valence-electron chi connectivity index (χ2n) is 7.86. The van der Waals surface area contributed by atoms with E-state index >= 15 is 0 Å². The normalized spacial score (nSPS) is 23.8. The Kier molecular flexibility index (Phi) is 4.56. The zero-order valence-corrected chi connectivity index (χ0v) is 15.1. The average molecular weight is 333 g/mol. The molecule has 0 aromatic carbocycles. The lowest BCUT2D eigenvalue weighted by Crippen LogP contribution is -2.40. The van der Waals surface area contributed by atoms with E-state index in [0.717, 1.165) is 32.5 Å². The molecule has 132 valence electrons. The predicted octanol–water partition coefficient (Wildman–Crippen LogP) is 3.38. The summed E-state index contributed by atoms with van der Waals surface area (Å²) in [4.78, 5) is 27.3. The molecule has 1 fully saturated rings. The van der Waals surface area contributed by atoms with Gasteiger partial charge in [-0.3, -0.25) is 9.69 Å². The average Bonchev–Trinajstić information content (AvgIpc) is 2.83. The fraction of sp³-hybridized carbons (Fsp3) is 0.684. The smallest absolute Gasteiger partial charge is 0.374 e. The Bertz CT molecular complexity index is 659. The first-order valence-electron chi connectivity index (χ1n) is 8.89. The first-order valence-corrected chi connectivity index (χ1v) is 8.89. The summed E-state index contributed by atoms with van der Waals surface area (Å²) < 4.78 is 11.5. The zero-order chi connectivity index (χ0) is 17.5. The van der Waals surface area contributed by atoms with Crippen LogP contribution in [0.4, 0.5) is 0 Å². The first-order chi connectivity index (χ1) is 11.3. The van der Waals surface area contributed by atoms with Gasteiger partial charge in [0.05, 0.1) is 5.56 Å². The summed E-state index contributed by atoms with van der Waals surface area (Å²) in [6.45, 7) is 10.8. The van der Waals surface area contributed by atoms with Gasteiger partial charge >= 0.3 is 5.97 Å². The molecule has 0 spiro atoms. The zero-order valence-electron chi connectivity index (χ0n) is 15.1. The molecule has 1 atom stereocenters. The lowest BCUT2D eigenvalue weighted by atomic mass is 9.76. The number of hydrogen-bond acceptors (Lipinski definition) is 5. The Morgan fingerprint density at radius 3 is 2.83 bits per heavy atom. The Labute approximate surface area is 143 Å². The summed E-state index contributed by atoms with van der Waals surface area (Å²) >= 11 is 0. The summed E-state index contributed by atoms with van der Waals surface area (Å²) in [5.41, 5.74) is 1.11. The van der Waals surface area contributed by atoms with Crippen LogP contribution in [0.5, 0.6) is 0 Å². The highest BCUT2D eigenvalue weighted by Gasteiger charge is 2.37. The molecule has 1 aliphatic carbocycles. The van der Waals surface area contributed by atoms with Crippen LogP contribution in [0.25, 0.3) is 0 Å². The fourth-order valence-electron chi connectivity index (χ4n) is 3.88. The molecular formula is C19H27NO4. The largest absolute Gasteiger partial charge is 0.455 e. The van der Waals surface area contributed by atoms with E-state index < -0.39 is 5.97 Å².